The van der Waals surface area contributed by atoms with Gasteiger partial charge in [0.25, 0.3) is 0 Å². The van der Waals surface area contributed by atoms with Gasteiger partial charge in [-0.1, -0.05) is 6.58 Å². The van der Waals surface area contributed by atoms with Crippen molar-refractivity contribution in [2.45, 2.75) is 20.8 Å². The minimum absolute atomic E-state index is 0.211. The Kier molecular flexibility index (Phi) is 24.2. The summed E-state index contributed by atoms with van der Waals surface area (Å²) in [7, 11) is 3.25. The number of carbonyl (C=O) groups excluding carboxylic acids is 2. The van der Waals surface area contributed by atoms with E-state index in [4.69, 9.17) is 0 Å². The molecule has 0 spiro atoms. The maximum Gasteiger partial charge on any atom is 0.330 e. The Bertz CT molecular complexity index is 177. The molecule has 0 heterocycles. The third kappa shape index (κ3) is 38.8. The Morgan fingerprint density at radius 2 is 1.50 bits per heavy atom. The summed E-state index contributed by atoms with van der Waals surface area (Å²) in [5.74, 6) is -0.569. The van der Waals surface area contributed by atoms with E-state index >= 15 is 0 Å². The van der Waals surface area contributed by atoms with Crippen LogP contribution in [0.5, 0.6) is 0 Å². The van der Waals surface area contributed by atoms with Crippen LogP contribution in [0, 0.1) is 0 Å². The smallest absolute Gasteiger partial charge is 0.330 e. The number of rotatable bonds is 3. The van der Waals surface area contributed by atoms with Crippen molar-refractivity contribution < 1.29 is 23.8 Å². The Hall–Kier alpha value is -1.36. The minimum atomic E-state index is -0.359. The topological polar surface area (TPSA) is 61.8 Å². The van der Waals surface area contributed by atoms with Gasteiger partial charge >= 0.3 is 11.9 Å². The van der Waals surface area contributed by atoms with E-state index in [0.29, 0.717) is 13.2 Å². The van der Waals surface area contributed by atoms with Crippen molar-refractivity contribution in [1.82, 2.24) is 0 Å². The first-order chi connectivity index (χ1) is 7.49. The van der Waals surface area contributed by atoms with E-state index in [9.17, 15) is 9.59 Å². The van der Waals surface area contributed by atoms with E-state index in [0.717, 1.165) is 6.08 Å². The minimum Gasteiger partial charge on any atom is -0.466 e. The van der Waals surface area contributed by atoms with Gasteiger partial charge in [-0.2, -0.15) is 0 Å². The zero-order valence-electron chi connectivity index (χ0n) is 10.7. The number of ether oxygens (including phenoxy) is 3. The van der Waals surface area contributed by atoms with Gasteiger partial charge in [0.2, 0.25) is 0 Å². The van der Waals surface area contributed by atoms with E-state index in [1.54, 1.807) is 28.1 Å². The van der Waals surface area contributed by atoms with Crippen LogP contribution in [0.4, 0.5) is 0 Å². The maximum atomic E-state index is 10.1. The first-order valence-corrected chi connectivity index (χ1v) is 4.82. The van der Waals surface area contributed by atoms with Crippen LogP contribution in [0.2, 0.25) is 0 Å². The Morgan fingerprint density at radius 3 is 1.56 bits per heavy atom. The van der Waals surface area contributed by atoms with E-state index in [1.165, 1.54) is 6.92 Å². The van der Waals surface area contributed by atoms with Crippen LogP contribution in [0.15, 0.2) is 12.7 Å². The lowest BCUT2D eigenvalue weighted by molar-refractivity contribution is -0.140. The highest BCUT2D eigenvalue weighted by Gasteiger charge is 1.86. The highest BCUT2D eigenvalue weighted by Crippen LogP contribution is 1.74. The molecule has 0 unspecified atom stereocenters. The molecule has 0 amide bonds. The second-order valence-electron chi connectivity index (χ2n) is 2.29. The third-order valence-corrected chi connectivity index (χ3v) is 0.801. The number of methoxy groups -OCH3 is 1. The van der Waals surface area contributed by atoms with Crippen LogP contribution >= 0.6 is 0 Å². The molecule has 0 atom stereocenters. The fourth-order valence-corrected chi connectivity index (χ4v) is 0.404. The Labute approximate surface area is 97.4 Å². The molecule has 0 aromatic carbocycles. The molecular formula is C11H22O5. The summed E-state index contributed by atoms with van der Waals surface area (Å²) in [6.07, 6.45) is 1.14. The Morgan fingerprint density at radius 1 is 1.12 bits per heavy atom. The summed E-state index contributed by atoms with van der Waals surface area (Å²) in [6.45, 7) is 9.03. The quantitative estimate of drug-likeness (QED) is 0.548. The van der Waals surface area contributed by atoms with Gasteiger partial charge in [0, 0.05) is 27.2 Å². The lowest BCUT2D eigenvalue weighted by Crippen LogP contribution is -1.97. The summed E-state index contributed by atoms with van der Waals surface area (Å²) >= 11 is 0. The summed E-state index contributed by atoms with van der Waals surface area (Å²) in [6, 6.07) is 0. The lowest BCUT2D eigenvalue weighted by atomic mass is 10.6. The molecule has 0 bridgehead atoms. The van der Waals surface area contributed by atoms with Crippen molar-refractivity contribution >= 4 is 11.9 Å². The molecule has 0 rings (SSSR count). The number of esters is 2. The molecule has 5 nitrogen and oxygen atoms in total. The molecule has 0 aromatic rings. The van der Waals surface area contributed by atoms with Gasteiger partial charge in [-0.05, 0) is 13.8 Å². The molecule has 0 aliphatic rings. The average Bonchev–Trinajstić information content (AvgIpc) is 2.20. The fourth-order valence-electron chi connectivity index (χ4n) is 0.404. The number of hydrogen-bond donors (Lipinski definition) is 0. The van der Waals surface area contributed by atoms with Crippen molar-refractivity contribution in [1.29, 1.82) is 0 Å². The molecule has 0 radical (unpaired) electrons. The number of hydrogen-bond acceptors (Lipinski definition) is 5. The van der Waals surface area contributed by atoms with Gasteiger partial charge in [0.1, 0.15) is 0 Å². The third-order valence-electron chi connectivity index (χ3n) is 0.801. The summed E-state index contributed by atoms with van der Waals surface area (Å²) < 4.78 is 13.1. The zero-order chi connectivity index (χ0) is 13.4. The largest absolute Gasteiger partial charge is 0.466 e. The van der Waals surface area contributed by atoms with Gasteiger partial charge in [0.05, 0.1) is 13.2 Å². The van der Waals surface area contributed by atoms with E-state index in [2.05, 4.69) is 20.8 Å². The SMILES string of the molecule is C=CC(=O)OCC.CCOC(C)=O.COC. The molecule has 96 valence electrons. The lowest BCUT2D eigenvalue weighted by Gasteiger charge is -1.90. The normalized spacial score (nSPS) is 7.31. The van der Waals surface area contributed by atoms with Crippen molar-refractivity contribution in [3.63, 3.8) is 0 Å². The molecule has 16 heavy (non-hydrogen) atoms. The van der Waals surface area contributed by atoms with Gasteiger partial charge in [-0.3, -0.25) is 4.79 Å². The van der Waals surface area contributed by atoms with Crippen LogP contribution < -0.4 is 0 Å². The van der Waals surface area contributed by atoms with Crippen LogP contribution in [0.25, 0.3) is 0 Å². The van der Waals surface area contributed by atoms with Gasteiger partial charge in [0.15, 0.2) is 0 Å². The van der Waals surface area contributed by atoms with Crippen molar-refractivity contribution in [3.8, 4) is 0 Å². The first kappa shape index (κ1) is 20.1. The van der Waals surface area contributed by atoms with E-state index < -0.39 is 0 Å². The molecule has 0 aliphatic carbocycles. The van der Waals surface area contributed by atoms with Gasteiger partial charge in [-0.15, -0.1) is 0 Å². The molecule has 0 fully saturated rings. The second-order valence-corrected chi connectivity index (χ2v) is 2.29. The van der Waals surface area contributed by atoms with Crippen LogP contribution in [-0.4, -0.2) is 39.4 Å². The molecule has 0 aliphatic heterocycles. The van der Waals surface area contributed by atoms with Gasteiger partial charge in [-0.25, -0.2) is 4.79 Å². The standard InChI is InChI=1S/C5H8O2.C4H8O2.C2H6O/c1-3-5(6)7-4-2;1-3-6-4(2)5;1-3-2/h3H,1,4H2,2H3;3H2,1-2H3;1-2H3. The predicted molar refractivity (Wildman–Crippen MR) is 62.1 cm³/mol. The summed E-state index contributed by atoms with van der Waals surface area (Å²) in [5.41, 5.74) is 0. The van der Waals surface area contributed by atoms with Crippen molar-refractivity contribution in [2.75, 3.05) is 27.4 Å². The summed E-state index contributed by atoms with van der Waals surface area (Å²) in [4.78, 5) is 19.9. The second kappa shape index (κ2) is 19.2. The predicted octanol–water partition coefficient (Wildman–Crippen LogP) is 1.57. The molecule has 0 saturated carbocycles. The fraction of sp³-hybridized carbons (Fsp3) is 0.636. The first-order valence-electron chi connectivity index (χ1n) is 4.82. The number of carbonyl (C=O) groups is 2. The van der Waals surface area contributed by atoms with E-state index in [1.807, 2.05) is 0 Å². The molecule has 5 heteroatoms. The average molecular weight is 234 g/mol. The molecular weight excluding hydrogens is 212 g/mol. The molecule has 0 aromatic heterocycles. The van der Waals surface area contributed by atoms with Crippen LogP contribution in [-0.2, 0) is 23.8 Å². The van der Waals surface area contributed by atoms with Crippen LogP contribution in [0.3, 0.4) is 0 Å². The maximum absolute atomic E-state index is 10.1. The highest BCUT2D eigenvalue weighted by molar-refractivity contribution is 5.81. The van der Waals surface area contributed by atoms with Gasteiger partial charge < -0.3 is 14.2 Å². The van der Waals surface area contributed by atoms with E-state index in [-0.39, 0.29) is 11.9 Å². The summed E-state index contributed by atoms with van der Waals surface area (Å²) in [5, 5.41) is 0. The monoisotopic (exact) mass is 234 g/mol. The van der Waals surface area contributed by atoms with Crippen LogP contribution in [0.1, 0.15) is 20.8 Å². The molecule has 0 N–H and O–H groups in total. The zero-order valence-corrected chi connectivity index (χ0v) is 10.7. The molecule has 0 saturated heterocycles. The highest BCUT2D eigenvalue weighted by atomic mass is 16.5. The Balaban J connectivity index is -0.000000172. The van der Waals surface area contributed by atoms with Crippen molar-refractivity contribution in [3.05, 3.63) is 12.7 Å². The van der Waals surface area contributed by atoms with Crippen molar-refractivity contribution in [2.24, 2.45) is 0 Å².